The average Bonchev–Trinajstić information content (AvgIpc) is 3.32. The minimum atomic E-state index is -0.297. The number of aryl methyl sites for hydroxylation is 2. The molecule has 0 fully saturated rings. The predicted molar refractivity (Wildman–Crippen MR) is 114 cm³/mol. The highest BCUT2D eigenvalue weighted by Crippen LogP contribution is 2.31. The molecule has 29 heavy (non-hydrogen) atoms. The Morgan fingerprint density at radius 3 is 2.69 bits per heavy atom. The molecule has 5 nitrogen and oxygen atoms in total. The molecule has 4 aromatic rings. The standard InChI is InChI=1S/C23H21N3O2S/c1-26-21(10-15-6-3-2-4-7-15)24-25-23(26)29-14-18-13-22(27)28-20-12-17-9-5-8-16(17)11-19(18)20/h2-4,6-7,11-13H,5,8-10,14H2,1H3. The van der Waals surface area contributed by atoms with Crippen LogP contribution >= 0.6 is 11.8 Å². The van der Waals surface area contributed by atoms with E-state index in [1.807, 2.05) is 35.9 Å². The van der Waals surface area contributed by atoms with Gasteiger partial charge in [-0.25, -0.2) is 4.79 Å². The average molecular weight is 404 g/mol. The van der Waals surface area contributed by atoms with E-state index < -0.39 is 0 Å². The fourth-order valence-electron chi connectivity index (χ4n) is 3.96. The van der Waals surface area contributed by atoms with Crippen LogP contribution in [-0.2, 0) is 32.1 Å². The van der Waals surface area contributed by atoms with Gasteiger partial charge in [-0.1, -0.05) is 42.1 Å². The van der Waals surface area contributed by atoms with Crippen molar-refractivity contribution >= 4 is 22.7 Å². The summed E-state index contributed by atoms with van der Waals surface area (Å²) in [5.41, 5.74) is 5.28. The number of hydrogen-bond donors (Lipinski definition) is 0. The molecule has 1 aliphatic rings. The Kier molecular flexibility index (Phi) is 4.72. The molecular formula is C23H21N3O2S. The van der Waals surface area contributed by atoms with Gasteiger partial charge in [-0.05, 0) is 53.6 Å². The SMILES string of the molecule is Cn1c(Cc2ccccc2)nnc1SCc1cc(=O)oc2cc3c(cc12)CCC3. The minimum absolute atomic E-state index is 0.297. The smallest absolute Gasteiger partial charge is 0.336 e. The molecule has 146 valence electrons. The van der Waals surface area contributed by atoms with Crippen molar-refractivity contribution in [1.82, 2.24) is 14.8 Å². The van der Waals surface area contributed by atoms with Gasteiger partial charge in [0.1, 0.15) is 11.4 Å². The highest BCUT2D eigenvalue weighted by molar-refractivity contribution is 7.98. The van der Waals surface area contributed by atoms with Crippen LogP contribution in [0.3, 0.4) is 0 Å². The predicted octanol–water partition coefficient (Wildman–Crippen LogP) is 4.29. The molecule has 2 aromatic carbocycles. The van der Waals surface area contributed by atoms with Gasteiger partial charge in [0.15, 0.2) is 5.16 Å². The molecular weight excluding hydrogens is 382 g/mol. The monoisotopic (exact) mass is 403 g/mol. The van der Waals surface area contributed by atoms with E-state index >= 15 is 0 Å². The molecule has 1 aliphatic carbocycles. The summed E-state index contributed by atoms with van der Waals surface area (Å²) in [6.07, 6.45) is 4.08. The molecule has 5 rings (SSSR count). The summed E-state index contributed by atoms with van der Waals surface area (Å²) in [4.78, 5) is 12.1. The van der Waals surface area contributed by atoms with Crippen LogP contribution in [0.25, 0.3) is 11.0 Å². The van der Waals surface area contributed by atoms with Crippen molar-refractivity contribution in [3.05, 3.63) is 87.0 Å². The van der Waals surface area contributed by atoms with Crippen molar-refractivity contribution in [3.8, 4) is 0 Å². The maximum atomic E-state index is 12.1. The van der Waals surface area contributed by atoms with Crippen LogP contribution in [0.1, 0.15) is 34.5 Å². The molecule has 2 heterocycles. The van der Waals surface area contributed by atoms with Crippen LogP contribution in [-0.4, -0.2) is 14.8 Å². The summed E-state index contributed by atoms with van der Waals surface area (Å²) in [5, 5.41) is 10.6. The molecule has 0 saturated heterocycles. The summed E-state index contributed by atoms with van der Waals surface area (Å²) in [7, 11) is 1.99. The zero-order valence-electron chi connectivity index (χ0n) is 16.2. The largest absolute Gasteiger partial charge is 0.423 e. The van der Waals surface area contributed by atoms with Gasteiger partial charge in [0.25, 0.3) is 0 Å². The summed E-state index contributed by atoms with van der Waals surface area (Å²) in [5.74, 6) is 1.58. The van der Waals surface area contributed by atoms with E-state index in [1.54, 1.807) is 17.8 Å². The lowest BCUT2D eigenvalue weighted by molar-refractivity contribution is 0.559. The van der Waals surface area contributed by atoms with Crippen LogP contribution in [0.4, 0.5) is 0 Å². The molecule has 6 heteroatoms. The first kappa shape index (κ1) is 18.2. The van der Waals surface area contributed by atoms with Gasteiger partial charge in [0, 0.05) is 30.7 Å². The molecule has 0 spiro atoms. The zero-order chi connectivity index (χ0) is 19.8. The summed E-state index contributed by atoms with van der Waals surface area (Å²) >= 11 is 1.60. The van der Waals surface area contributed by atoms with Crippen LogP contribution in [0, 0.1) is 0 Å². The van der Waals surface area contributed by atoms with Gasteiger partial charge in [0.2, 0.25) is 0 Å². The molecule has 0 radical (unpaired) electrons. The maximum Gasteiger partial charge on any atom is 0.336 e. The second kappa shape index (κ2) is 7.52. The van der Waals surface area contributed by atoms with Crippen molar-refractivity contribution in [2.45, 2.75) is 36.6 Å². The fourth-order valence-corrected chi connectivity index (χ4v) is 4.88. The Morgan fingerprint density at radius 2 is 1.86 bits per heavy atom. The van der Waals surface area contributed by atoms with E-state index in [-0.39, 0.29) is 5.63 Å². The molecule has 0 unspecified atom stereocenters. The summed E-state index contributed by atoms with van der Waals surface area (Å²) in [6, 6.07) is 16.1. The summed E-state index contributed by atoms with van der Waals surface area (Å²) in [6.45, 7) is 0. The van der Waals surface area contributed by atoms with E-state index in [2.05, 4.69) is 28.4 Å². The molecule has 0 saturated carbocycles. The molecule has 0 N–H and O–H groups in total. The van der Waals surface area contributed by atoms with Crippen molar-refractivity contribution in [2.24, 2.45) is 7.05 Å². The topological polar surface area (TPSA) is 60.9 Å². The second-order valence-corrected chi connectivity index (χ2v) is 8.41. The van der Waals surface area contributed by atoms with Crippen LogP contribution in [0.15, 0.2) is 62.9 Å². The lowest BCUT2D eigenvalue weighted by Crippen LogP contribution is -2.02. The summed E-state index contributed by atoms with van der Waals surface area (Å²) < 4.78 is 7.51. The minimum Gasteiger partial charge on any atom is -0.423 e. The highest BCUT2D eigenvalue weighted by Gasteiger charge is 2.16. The van der Waals surface area contributed by atoms with E-state index in [0.717, 1.165) is 41.2 Å². The molecule has 0 atom stereocenters. The fraction of sp³-hybridized carbons (Fsp3) is 0.261. The Morgan fingerprint density at radius 1 is 1.07 bits per heavy atom. The third kappa shape index (κ3) is 3.60. The third-order valence-corrected chi connectivity index (χ3v) is 6.60. The zero-order valence-corrected chi connectivity index (χ0v) is 17.0. The van der Waals surface area contributed by atoms with E-state index in [9.17, 15) is 4.79 Å². The van der Waals surface area contributed by atoms with Gasteiger partial charge < -0.3 is 8.98 Å². The number of hydrogen-bond acceptors (Lipinski definition) is 5. The van der Waals surface area contributed by atoms with Crippen molar-refractivity contribution in [1.29, 1.82) is 0 Å². The number of benzene rings is 2. The van der Waals surface area contributed by atoms with E-state index in [1.165, 1.54) is 23.1 Å². The number of fused-ring (bicyclic) bond motifs is 2. The van der Waals surface area contributed by atoms with Gasteiger partial charge in [-0.3, -0.25) is 0 Å². The Balaban J connectivity index is 1.40. The highest BCUT2D eigenvalue weighted by atomic mass is 32.2. The number of nitrogens with zero attached hydrogens (tertiary/aromatic N) is 3. The molecule has 0 bridgehead atoms. The van der Waals surface area contributed by atoms with E-state index in [0.29, 0.717) is 11.3 Å². The quantitative estimate of drug-likeness (QED) is 0.367. The van der Waals surface area contributed by atoms with Crippen molar-refractivity contribution in [2.75, 3.05) is 0 Å². The lowest BCUT2D eigenvalue weighted by atomic mass is 10.0. The molecule has 0 aliphatic heterocycles. The van der Waals surface area contributed by atoms with E-state index in [4.69, 9.17) is 4.42 Å². The maximum absolute atomic E-state index is 12.1. The number of rotatable bonds is 5. The first-order chi connectivity index (χ1) is 14.2. The Hall–Kier alpha value is -2.86. The lowest BCUT2D eigenvalue weighted by Gasteiger charge is -2.08. The third-order valence-electron chi connectivity index (χ3n) is 5.53. The van der Waals surface area contributed by atoms with Crippen molar-refractivity contribution < 1.29 is 4.42 Å². The molecule has 0 amide bonds. The van der Waals surface area contributed by atoms with Crippen LogP contribution in [0.2, 0.25) is 0 Å². The van der Waals surface area contributed by atoms with Gasteiger partial charge >= 0.3 is 5.63 Å². The van der Waals surface area contributed by atoms with Gasteiger partial charge in [-0.15, -0.1) is 10.2 Å². The van der Waals surface area contributed by atoms with Crippen LogP contribution in [0.5, 0.6) is 0 Å². The second-order valence-electron chi connectivity index (χ2n) is 7.47. The first-order valence-corrected chi connectivity index (χ1v) is 10.8. The van der Waals surface area contributed by atoms with Gasteiger partial charge in [-0.2, -0.15) is 0 Å². The number of thioether (sulfide) groups is 1. The normalized spacial score (nSPS) is 13.1. The Bertz CT molecular complexity index is 1240. The van der Waals surface area contributed by atoms with Crippen molar-refractivity contribution in [3.63, 3.8) is 0 Å². The van der Waals surface area contributed by atoms with Crippen LogP contribution < -0.4 is 5.63 Å². The Labute approximate surface area is 172 Å². The molecule has 2 aromatic heterocycles. The first-order valence-electron chi connectivity index (χ1n) is 9.81. The number of aromatic nitrogens is 3. The van der Waals surface area contributed by atoms with Gasteiger partial charge in [0.05, 0.1) is 0 Å².